The molecule has 0 spiro atoms. The van der Waals surface area contributed by atoms with E-state index in [0.29, 0.717) is 6.42 Å². The average Bonchev–Trinajstić information content (AvgIpc) is 3.16. The maximum atomic E-state index is 12.2. The zero-order valence-electron chi connectivity index (χ0n) is 15.4. The fourth-order valence-electron chi connectivity index (χ4n) is 4.11. The van der Waals surface area contributed by atoms with Crippen molar-refractivity contribution in [2.75, 3.05) is 13.1 Å². The summed E-state index contributed by atoms with van der Waals surface area (Å²) in [6.45, 7) is 6.54. The monoisotopic (exact) mass is 348 g/mol. The fourth-order valence-corrected chi connectivity index (χ4v) is 4.11. The van der Waals surface area contributed by atoms with Crippen LogP contribution in [0.3, 0.4) is 0 Å². The van der Waals surface area contributed by atoms with Crippen molar-refractivity contribution >= 4 is 33.4 Å². The van der Waals surface area contributed by atoms with E-state index < -0.39 is 0 Å². The molecule has 0 radical (unpaired) electrons. The molecule has 0 saturated carbocycles. The van der Waals surface area contributed by atoms with Crippen molar-refractivity contribution in [3.63, 3.8) is 0 Å². The lowest BCUT2D eigenvalue weighted by molar-refractivity contribution is 0.0991. The number of nitrogens with one attached hydrogen (secondary N) is 1. The zero-order valence-corrected chi connectivity index (χ0v) is 15.4. The molecule has 0 saturated heterocycles. The quantitative estimate of drug-likeness (QED) is 0.538. The molecule has 134 valence electrons. The Hall–Kier alpha value is -2.46. The van der Waals surface area contributed by atoms with E-state index in [1.807, 2.05) is 18.2 Å². The highest BCUT2D eigenvalue weighted by Crippen LogP contribution is 2.37. The maximum Gasteiger partial charge on any atom is 0.163 e. The highest BCUT2D eigenvalue weighted by molar-refractivity contribution is 6.16. The molecule has 1 aliphatic rings. The molecule has 26 heavy (non-hydrogen) atoms. The molecular formula is C22H24N2O2. The van der Waals surface area contributed by atoms with E-state index in [1.54, 1.807) is 6.92 Å². The second-order valence-corrected chi connectivity index (χ2v) is 7.10. The topological polar surface area (TPSA) is 51.1 Å². The third kappa shape index (κ3) is 2.65. The van der Waals surface area contributed by atoms with Gasteiger partial charge in [-0.1, -0.05) is 6.92 Å². The van der Waals surface area contributed by atoms with Crippen molar-refractivity contribution in [3.05, 3.63) is 47.0 Å². The van der Waals surface area contributed by atoms with Crippen LogP contribution in [0.2, 0.25) is 0 Å². The van der Waals surface area contributed by atoms with Gasteiger partial charge < -0.3 is 9.88 Å². The summed E-state index contributed by atoms with van der Waals surface area (Å²) < 4.78 is 2.32. The van der Waals surface area contributed by atoms with Gasteiger partial charge in [0.15, 0.2) is 11.6 Å². The van der Waals surface area contributed by atoms with Gasteiger partial charge in [-0.05, 0) is 62.2 Å². The van der Waals surface area contributed by atoms with Crippen molar-refractivity contribution in [3.8, 4) is 0 Å². The molecule has 1 aliphatic carbocycles. The number of rotatable bonds is 6. The highest BCUT2D eigenvalue weighted by atomic mass is 16.1. The van der Waals surface area contributed by atoms with Crippen LogP contribution in [0.5, 0.6) is 0 Å². The standard InChI is InChI=1S/C22H24N2O2/c1-3-10-23-11-12-24-19-7-4-15(14(2)25)13-18(19)22-17-6-9-21(26)16(17)5-8-20(22)24/h4-5,7-8,13,23H,3,6,9-12H2,1-2H3. The number of aromatic nitrogens is 1. The first-order valence-electron chi connectivity index (χ1n) is 9.44. The van der Waals surface area contributed by atoms with Gasteiger partial charge in [0.2, 0.25) is 0 Å². The largest absolute Gasteiger partial charge is 0.339 e. The lowest BCUT2D eigenvalue weighted by Gasteiger charge is -2.09. The maximum absolute atomic E-state index is 12.2. The minimum atomic E-state index is 0.0704. The van der Waals surface area contributed by atoms with Crippen LogP contribution in [-0.2, 0) is 13.0 Å². The third-order valence-corrected chi connectivity index (χ3v) is 5.39. The molecule has 0 aliphatic heterocycles. The normalized spacial score (nSPS) is 13.7. The number of carbonyl (C=O) groups excluding carboxylic acids is 2. The minimum absolute atomic E-state index is 0.0704. The lowest BCUT2D eigenvalue weighted by Crippen LogP contribution is -2.20. The Morgan fingerprint density at radius 1 is 1.12 bits per heavy atom. The molecular weight excluding hydrogens is 324 g/mol. The second kappa shape index (κ2) is 6.69. The van der Waals surface area contributed by atoms with Crippen molar-refractivity contribution in [1.82, 2.24) is 9.88 Å². The number of ketones is 2. The number of hydrogen-bond donors (Lipinski definition) is 1. The Labute approximate surface area is 153 Å². The molecule has 1 N–H and O–H groups in total. The Morgan fingerprint density at radius 3 is 2.69 bits per heavy atom. The Morgan fingerprint density at radius 2 is 1.92 bits per heavy atom. The van der Waals surface area contributed by atoms with Gasteiger partial charge in [0.05, 0.1) is 0 Å². The first kappa shape index (κ1) is 17.0. The molecule has 1 aromatic heterocycles. The van der Waals surface area contributed by atoms with Gasteiger partial charge in [-0.3, -0.25) is 9.59 Å². The predicted octanol–water partition coefficient (Wildman–Crippen LogP) is 4.13. The minimum Gasteiger partial charge on any atom is -0.339 e. The van der Waals surface area contributed by atoms with Crippen LogP contribution in [0.4, 0.5) is 0 Å². The van der Waals surface area contributed by atoms with Gasteiger partial charge in [0, 0.05) is 52.4 Å². The van der Waals surface area contributed by atoms with Crippen molar-refractivity contribution in [1.29, 1.82) is 0 Å². The SMILES string of the molecule is CCCNCCn1c2ccc(C(C)=O)cc2c2c3c(ccc21)C(=O)CC3. The smallest absolute Gasteiger partial charge is 0.163 e. The lowest BCUT2D eigenvalue weighted by atomic mass is 10.0. The fraction of sp³-hybridized carbons (Fsp3) is 0.364. The molecule has 4 rings (SSSR count). The van der Waals surface area contributed by atoms with Crippen LogP contribution in [0.25, 0.3) is 21.8 Å². The summed E-state index contributed by atoms with van der Waals surface area (Å²) >= 11 is 0. The van der Waals surface area contributed by atoms with Crippen molar-refractivity contribution in [2.24, 2.45) is 0 Å². The van der Waals surface area contributed by atoms with Crippen LogP contribution in [0, 0.1) is 0 Å². The van der Waals surface area contributed by atoms with Crippen LogP contribution >= 0.6 is 0 Å². The number of nitrogens with zero attached hydrogens (tertiary/aromatic N) is 1. The Balaban J connectivity index is 1.94. The molecule has 2 aromatic carbocycles. The molecule has 0 atom stereocenters. The molecule has 1 heterocycles. The summed E-state index contributed by atoms with van der Waals surface area (Å²) in [4.78, 5) is 24.1. The number of fused-ring (bicyclic) bond motifs is 5. The van der Waals surface area contributed by atoms with E-state index in [2.05, 4.69) is 28.9 Å². The van der Waals surface area contributed by atoms with E-state index in [1.165, 1.54) is 0 Å². The number of Topliss-reactive ketones (excluding diaryl/α,β-unsaturated/α-hetero) is 2. The number of hydrogen-bond acceptors (Lipinski definition) is 3. The summed E-state index contributed by atoms with van der Waals surface area (Å²) in [7, 11) is 0. The van der Waals surface area contributed by atoms with Gasteiger partial charge in [-0.15, -0.1) is 0 Å². The van der Waals surface area contributed by atoms with E-state index in [0.717, 1.165) is 71.0 Å². The highest BCUT2D eigenvalue weighted by Gasteiger charge is 2.24. The van der Waals surface area contributed by atoms with Gasteiger partial charge in [0.1, 0.15) is 0 Å². The molecule has 0 amide bonds. The molecule has 4 nitrogen and oxygen atoms in total. The van der Waals surface area contributed by atoms with Crippen LogP contribution in [-0.4, -0.2) is 29.2 Å². The van der Waals surface area contributed by atoms with Crippen LogP contribution in [0.15, 0.2) is 30.3 Å². The average molecular weight is 348 g/mol. The zero-order chi connectivity index (χ0) is 18.3. The van der Waals surface area contributed by atoms with Crippen molar-refractivity contribution in [2.45, 2.75) is 39.7 Å². The van der Waals surface area contributed by atoms with Crippen LogP contribution in [0.1, 0.15) is 53.0 Å². The van der Waals surface area contributed by atoms with E-state index in [4.69, 9.17) is 0 Å². The van der Waals surface area contributed by atoms with E-state index in [-0.39, 0.29) is 11.6 Å². The number of carbonyl (C=O) groups is 2. The number of aryl methyl sites for hydroxylation is 1. The summed E-state index contributed by atoms with van der Waals surface area (Å²) in [6, 6.07) is 10.0. The Kier molecular flexibility index (Phi) is 4.37. The summed E-state index contributed by atoms with van der Waals surface area (Å²) in [5, 5.41) is 5.71. The predicted molar refractivity (Wildman–Crippen MR) is 105 cm³/mol. The van der Waals surface area contributed by atoms with Crippen LogP contribution < -0.4 is 5.32 Å². The van der Waals surface area contributed by atoms with Gasteiger partial charge >= 0.3 is 0 Å². The summed E-state index contributed by atoms with van der Waals surface area (Å²) in [5.74, 6) is 0.302. The van der Waals surface area contributed by atoms with Gasteiger partial charge in [0.25, 0.3) is 0 Å². The summed E-state index contributed by atoms with van der Waals surface area (Å²) in [5.41, 5.74) is 5.03. The molecule has 0 fully saturated rings. The first-order chi connectivity index (χ1) is 12.6. The molecule has 3 aromatic rings. The van der Waals surface area contributed by atoms with Gasteiger partial charge in [-0.2, -0.15) is 0 Å². The first-order valence-corrected chi connectivity index (χ1v) is 9.44. The molecule has 0 unspecified atom stereocenters. The third-order valence-electron chi connectivity index (χ3n) is 5.39. The van der Waals surface area contributed by atoms with E-state index in [9.17, 15) is 9.59 Å². The van der Waals surface area contributed by atoms with Gasteiger partial charge in [-0.25, -0.2) is 0 Å². The van der Waals surface area contributed by atoms with E-state index >= 15 is 0 Å². The summed E-state index contributed by atoms with van der Waals surface area (Å²) in [6.07, 6.45) is 2.50. The van der Waals surface area contributed by atoms with Crippen molar-refractivity contribution < 1.29 is 9.59 Å². The molecule has 0 bridgehead atoms. The number of benzene rings is 2. The Bertz CT molecular complexity index is 1030. The molecule has 4 heteroatoms. The second-order valence-electron chi connectivity index (χ2n) is 7.10.